The molecular weight excluding hydrogens is 264 g/mol. The lowest BCUT2D eigenvalue weighted by Gasteiger charge is -2.22. The van der Waals surface area contributed by atoms with E-state index in [-0.39, 0.29) is 0 Å². The third-order valence-corrected chi connectivity index (χ3v) is 4.46. The summed E-state index contributed by atoms with van der Waals surface area (Å²) < 4.78 is 0. The van der Waals surface area contributed by atoms with Crippen LogP contribution in [-0.4, -0.2) is 13.1 Å². The van der Waals surface area contributed by atoms with Gasteiger partial charge in [0.1, 0.15) is 0 Å². The molecule has 2 aromatic rings. The molecule has 20 heavy (non-hydrogen) atoms. The summed E-state index contributed by atoms with van der Waals surface area (Å²) in [7, 11) is 0. The first-order valence-corrected chi connectivity index (χ1v) is 8.14. The van der Waals surface area contributed by atoms with Gasteiger partial charge in [-0.25, -0.2) is 0 Å². The Morgan fingerprint density at radius 1 is 1.00 bits per heavy atom. The number of hydrogen-bond donors (Lipinski definition) is 1. The zero-order valence-corrected chi connectivity index (χ0v) is 13.5. The van der Waals surface area contributed by atoms with E-state index in [1.54, 1.807) is 0 Å². The van der Waals surface area contributed by atoms with Gasteiger partial charge in [0.05, 0.1) is 6.54 Å². The first-order chi connectivity index (χ1) is 9.72. The first-order valence-electron chi connectivity index (χ1n) is 7.32. The molecule has 0 radical (unpaired) electrons. The molecule has 0 fully saturated rings. The van der Waals surface area contributed by atoms with Crippen molar-refractivity contribution in [1.82, 2.24) is 5.32 Å². The molecule has 1 N–H and O–H groups in total. The maximum Gasteiger partial charge on any atom is 0.0522 e. The second kappa shape index (κ2) is 7.46. The Labute approximate surface area is 126 Å². The lowest BCUT2D eigenvalue weighted by Crippen LogP contribution is -2.21. The van der Waals surface area contributed by atoms with Crippen molar-refractivity contribution in [2.24, 2.45) is 0 Å². The van der Waals surface area contributed by atoms with Gasteiger partial charge in [0.15, 0.2) is 0 Å². The summed E-state index contributed by atoms with van der Waals surface area (Å²) in [5.41, 5.74) is 2.62. The van der Waals surface area contributed by atoms with E-state index in [0.29, 0.717) is 0 Å². The molecule has 0 aliphatic rings. The maximum absolute atomic E-state index is 3.38. The summed E-state index contributed by atoms with van der Waals surface area (Å²) in [4.78, 5) is 5.27. The van der Waals surface area contributed by atoms with Gasteiger partial charge in [0.25, 0.3) is 0 Å². The van der Waals surface area contributed by atoms with Crippen molar-refractivity contribution in [3.05, 3.63) is 51.7 Å². The summed E-state index contributed by atoms with van der Waals surface area (Å²) >= 11 is 1.91. The lowest BCUT2D eigenvalue weighted by molar-refractivity contribution is 0.735. The summed E-state index contributed by atoms with van der Waals surface area (Å²) in [6.45, 7) is 10.5. The molecule has 0 bridgehead atoms. The van der Waals surface area contributed by atoms with Crippen LogP contribution in [0.2, 0.25) is 0 Å². The Bertz CT molecular complexity index is 516. The van der Waals surface area contributed by atoms with Crippen molar-refractivity contribution < 1.29 is 0 Å². The van der Waals surface area contributed by atoms with Crippen molar-refractivity contribution in [2.75, 3.05) is 18.0 Å². The molecular formula is C17H24N2S. The van der Waals surface area contributed by atoms with Gasteiger partial charge in [0, 0.05) is 28.5 Å². The third kappa shape index (κ3) is 4.09. The van der Waals surface area contributed by atoms with Crippen LogP contribution in [0.1, 0.15) is 29.2 Å². The fourth-order valence-corrected chi connectivity index (χ4v) is 3.18. The second-order valence-electron chi connectivity index (χ2n) is 5.00. The normalized spacial score (nSPS) is 10.8. The Kier molecular flexibility index (Phi) is 5.62. The Hall–Kier alpha value is -1.32. The fraction of sp³-hybridized carbons (Fsp3) is 0.412. The molecule has 2 nitrogen and oxygen atoms in total. The molecule has 0 amide bonds. The molecule has 0 atom stereocenters. The van der Waals surface area contributed by atoms with Crippen molar-refractivity contribution in [1.29, 1.82) is 0 Å². The molecule has 0 unspecified atom stereocenters. The van der Waals surface area contributed by atoms with E-state index >= 15 is 0 Å². The van der Waals surface area contributed by atoms with E-state index in [1.165, 1.54) is 21.0 Å². The highest BCUT2D eigenvalue weighted by Crippen LogP contribution is 2.22. The first kappa shape index (κ1) is 15.1. The smallest absolute Gasteiger partial charge is 0.0522 e. The third-order valence-electron chi connectivity index (χ3n) is 3.39. The second-order valence-corrected chi connectivity index (χ2v) is 6.25. The predicted molar refractivity (Wildman–Crippen MR) is 89.6 cm³/mol. The standard InChI is InChI=1S/C17H24N2S/c1-4-18-12-16-10-11-17(20-16)13-19(5-2)15-8-6-14(3)7-9-15/h6-11,18H,4-5,12-13H2,1-3H3. The average molecular weight is 288 g/mol. The minimum Gasteiger partial charge on any atom is -0.367 e. The fourth-order valence-electron chi connectivity index (χ4n) is 2.18. The number of benzene rings is 1. The lowest BCUT2D eigenvalue weighted by atomic mass is 10.2. The Morgan fingerprint density at radius 3 is 2.35 bits per heavy atom. The molecule has 2 rings (SSSR count). The number of nitrogens with zero attached hydrogens (tertiary/aromatic N) is 1. The van der Waals surface area contributed by atoms with Gasteiger partial charge in [-0.05, 0) is 44.7 Å². The van der Waals surface area contributed by atoms with E-state index in [1.807, 2.05) is 11.3 Å². The van der Waals surface area contributed by atoms with Crippen LogP contribution in [0, 0.1) is 6.92 Å². The number of aryl methyl sites for hydroxylation is 1. The molecule has 0 saturated carbocycles. The van der Waals surface area contributed by atoms with Gasteiger partial charge >= 0.3 is 0 Å². The molecule has 0 saturated heterocycles. The van der Waals surface area contributed by atoms with Crippen molar-refractivity contribution in [2.45, 2.75) is 33.9 Å². The van der Waals surface area contributed by atoms with Crippen LogP contribution in [0.15, 0.2) is 36.4 Å². The minimum atomic E-state index is 0.984. The summed E-state index contributed by atoms with van der Waals surface area (Å²) in [5.74, 6) is 0. The molecule has 3 heteroatoms. The largest absolute Gasteiger partial charge is 0.367 e. The highest BCUT2D eigenvalue weighted by molar-refractivity contribution is 7.12. The van der Waals surface area contributed by atoms with Gasteiger partial charge in [0.2, 0.25) is 0 Å². The Balaban J connectivity index is 2.02. The highest BCUT2D eigenvalue weighted by atomic mass is 32.1. The summed E-state index contributed by atoms with van der Waals surface area (Å²) in [6.07, 6.45) is 0. The molecule has 0 aliphatic heterocycles. The minimum absolute atomic E-state index is 0.984. The van der Waals surface area contributed by atoms with Crippen molar-refractivity contribution >= 4 is 17.0 Å². The van der Waals surface area contributed by atoms with Gasteiger partial charge in [-0.1, -0.05) is 24.6 Å². The number of nitrogens with one attached hydrogen (secondary N) is 1. The SMILES string of the molecule is CCNCc1ccc(CN(CC)c2ccc(C)cc2)s1. The average Bonchev–Trinajstić information content (AvgIpc) is 2.91. The van der Waals surface area contributed by atoms with Crippen LogP contribution >= 0.6 is 11.3 Å². The summed E-state index contributed by atoms with van der Waals surface area (Å²) in [5, 5.41) is 3.38. The van der Waals surface area contributed by atoms with Crippen LogP contribution in [0.4, 0.5) is 5.69 Å². The molecule has 1 aromatic heterocycles. The molecule has 108 valence electrons. The number of anilines is 1. The van der Waals surface area contributed by atoms with Crippen LogP contribution in [-0.2, 0) is 13.1 Å². The predicted octanol–water partition coefficient (Wildman–Crippen LogP) is 4.19. The van der Waals surface area contributed by atoms with E-state index in [2.05, 4.69) is 67.4 Å². The quantitative estimate of drug-likeness (QED) is 0.821. The summed E-state index contributed by atoms with van der Waals surface area (Å²) in [6, 6.07) is 13.3. The monoisotopic (exact) mass is 288 g/mol. The van der Waals surface area contributed by atoms with E-state index in [4.69, 9.17) is 0 Å². The van der Waals surface area contributed by atoms with Gasteiger partial charge in [-0.3, -0.25) is 0 Å². The number of hydrogen-bond acceptors (Lipinski definition) is 3. The Morgan fingerprint density at radius 2 is 1.70 bits per heavy atom. The van der Waals surface area contributed by atoms with E-state index in [9.17, 15) is 0 Å². The van der Waals surface area contributed by atoms with Crippen LogP contribution < -0.4 is 10.2 Å². The highest BCUT2D eigenvalue weighted by Gasteiger charge is 2.07. The molecule has 1 aromatic carbocycles. The van der Waals surface area contributed by atoms with Crippen molar-refractivity contribution in [3.8, 4) is 0 Å². The number of thiophene rings is 1. The van der Waals surface area contributed by atoms with Gasteiger partial charge in [-0.15, -0.1) is 11.3 Å². The van der Waals surface area contributed by atoms with E-state index < -0.39 is 0 Å². The van der Waals surface area contributed by atoms with Crippen molar-refractivity contribution in [3.63, 3.8) is 0 Å². The zero-order valence-electron chi connectivity index (χ0n) is 12.6. The molecule has 0 spiro atoms. The van der Waals surface area contributed by atoms with Gasteiger partial charge in [-0.2, -0.15) is 0 Å². The van der Waals surface area contributed by atoms with Gasteiger partial charge < -0.3 is 10.2 Å². The topological polar surface area (TPSA) is 15.3 Å². The zero-order chi connectivity index (χ0) is 14.4. The van der Waals surface area contributed by atoms with E-state index in [0.717, 1.165) is 26.2 Å². The molecule has 1 heterocycles. The maximum atomic E-state index is 3.38. The molecule has 0 aliphatic carbocycles. The van der Waals surface area contributed by atoms with Crippen LogP contribution in [0.5, 0.6) is 0 Å². The van der Waals surface area contributed by atoms with Crippen LogP contribution in [0.3, 0.4) is 0 Å². The van der Waals surface area contributed by atoms with Crippen LogP contribution in [0.25, 0.3) is 0 Å². The number of rotatable bonds is 7.